The molecule has 4 rings (SSSR count). The molecule has 1 amide bonds. The number of nitrogens with one attached hydrogen (secondary N) is 1. The molecule has 0 spiro atoms. The third kappa shape index (κ3) is 4.64. The predicted octanol–water partition coefficient (Wildman–Crippen LogP) is 4.26. The number of oxime groups is 1. The van der Waals surface area contributed by atoms with Crippen molar-refractivity contribution in [2.75, 3.05) is 6.61 Å². The fraction of sp³-hybridized carbons (Fsp3) is 0.793. The molecule has 0 aromatic heterocycles. The van der Waals surface area contributed by atoms with Crippen LogP contribution in [0.5, 0.6) is 0 Å². The maximum atomic E-state index is 12.4. The number of fused-ring (bicyclic) bond motifs is 5. The Morgan fingerprint density at radius 2 is 1.84 bits per heavy atom. The number of carboxylic acids is 1. The fourth-order valence-electron chi connectivity index (χ4n) is 8.31. The number of carbonyl (C=O) groups is 3. The Morgan fingerprint density at radius 3 is 2.49 bits per heavy atom. The number of amides is 1. The Hall–Kier alpha value is -2.22. The van der Waals surface area contributed by atoms with Gasteiger partial charge in [-0.3, -0.25) is 9.59 Å². The van der Waals surface area contributed by atoms with Gasteiger partial charge in [0.2, 0.25) is 0 Å². The van der Waals surface area contributed by atoms with E-state index in [9.17, 15) is 24.6 Å². The van der Waals surface area contributed by atoms with Gasteiger partial charge in [-0.05, 0) is 93.5 Å². The van der Waals surface area contributed by atoms with Crippen LogP contribution in [0.3, 0.4) is 0 Å². The summed E-state index contributed by atoms with van der Waals surface area (Å²) in [6.45, 7) is 9.44. The van der Waals surface area contributed by atoms with Gasteiger partial charge in [-0.2, -0.15) is 0 Å². The number of nitrogens with zero attached hydrogens (tertiary/aromatic N) is 1. The molecule has 8 atom stereocenters. The summed E-state index contributed by atoms with van der Waals surface area (Å²) >= 11 is 0. The van der Waals surface area contributed by atoms with Crippen molar-refractivity contribution in [2.45, 2.75) is 104 Å². The van der Waals surface area contributed by atoms with E-state index >= 15 is 0 Å². The van der Waals surface area contributed by atoms with Crippen molar-refractivity contribution in [2.24, 2.45) is 39.7 Å². The molecule has 8 heteroatoms. The lowest BCUT2D eigenvalue weighted by Crippen LogP contribution is -2.57. The van der Waals surface area contributed by atoms with Gasteiger partial charge in [0.25, 0.3) is 5.91 Å². The van der Waals surface area contributed by atoms with Gasteiger partial charge in [0, 0.05) is 5.41 Å². The number of ketones is 1. The van der Waals surface area contributed by atoms with Gasteiger partial charge in [-0.1, -0.05) is 44.8 Å². The molecule has 0 saturated heterocycles. The van der Waals surface area contributed by atoms with Crippen molar-refractivity contribution in [3.05, 3.63) is 11.6 Å². The van der Waals surface area contributed by atoms with Crippen LogP contribution in [0.15, 0.2) is 16.8 Å². The summed E-state index contributed by atoms with van der Waals surface area (Å²) in [5, 5.41) is 27.5. The van der Waals surface area contributed by atoms with E-state index in [1.807, 2.05) is 6.92 Å². The molecule has 5 unspecified atom stereocenters. The monoisotopic (exact) mass is 516 g/mol. The van der Waals surface area contributed by atoms with Gasteiger partial charge in [0.15, 0.2) is 12.4 Å². The molecule has 0 bridgehead atoms. The maximum absolute atomic E-state index is 12.4. The van der Waals surface area contributed by atoms with E-state index in [-0.39, 0.29) is 29.1 Å². The van der Waals surface area contributed by atoms with Crippen LogP contribution in [0.2, 0.25) is 0 Å². The predicted molar refractivity (Wildman–Crippen MR) is 140 cm³/mol. The summed E-state index contributed by atoms with van der Waals surface area (Å²) in [5.74, 6) is -0.376. The number of carboxylic acid groups (broad SMARTS) is 1. The molecule has 37 heavy (non-hydrogen) atoms. The van der Waals surface area contributed by atoms with Gasteiger partial charge in [0.05, 0.1) is 5.71 Å². The van der Waals surface area contributed by atoms with E-state index in [0.29, 0.717) is 30.6 Å². The second-order valence-corrected chi connectivity index (χ2v) is 12.5. The van der Waals surface area contributed by atoms with Gasteiger partial charge < -0.3 is 20.4 Å². The molecular weight excluding hydrogens is 472 g/mol. The average Bonchev–Trinajstić information content (AvgIpc) is 3.14. The van der Waals surface area contributed by atoms with Crippen LogP contribution in [0, 0.1) is 34.5 Å². The molecule has 0 aromatic rings. The zero-order valence-corrected chi connectivity index (χ0v) is 23.0. The summed E-state index contributed by atoms with van der Waals surface area (Å²) in [5.41, 5.74) is 0.764. The zero-order chi connectivity index (χ0) is 27.2. The Bertz CT molecular complexity index is 1010. The average molecular weight is 517 g/mol. The molecule has 206 valence electrons. The topological polar surface area (TPSA) is 125 Å². The lowest BCUT2D eigenvalue weighted by atomic mass is 9.46. The van der Waals surface area contributed by atoms with Gasteiger partial charge >= 0.3 is 5.97 Å². The number of carbonyl (C=O) groups excluding carboxylic acids is 2. The Labute approximate surface area is 220 Å². The number of aliphatic carboxylic acids is 1. The highest BCUT2D eigenvalue weighted by Gasteiger charge is 2.65. The van der Waals surface area contributed by atoms with E-state index in [1.165, 1.54) is 5.57 Å². The number of allylic oxidation sites excluding steroid dienone is 2. The highest BCUT2D eigenvalue weighted by molar-refractivity contribution is 5.96. The summed E-state index contributed by atoms with van der Waals surface area (Å²) in [6.07, 6.45) is 9.94. The normalized spacial score (nSPS) is 39.5. The molecule has 3 saturated carbocycles. The van der Waals surface area contributed by atoms with Crippen LogP contribution in [0.1, 0.15) is 92.4 Å². The molecule has 3 fully saturated rings. The van der Waals surface area contributed by atoms with Crippen molar-refractivity contribution in [1.29, 1.82) is 0 Å². The van der Waals surface area contributed by atoms with Crippen LogP contribution < -0.4 is 5.32 Å². The minimum Gasteiger partial charge on any atom is -0.480 e. The largest absolute Gasteiger partial charge is 0.480 e. The third-order valence-electron chi connectivity index (χ3n) is 10.9. The lowest BCUT2D eigenvalue weighted by Gasteiger charge is -2.59. The van der Waals surface area contributed by atoms with Gasteiger partial charge in [-0.15, -0.1) is 0 Å². The molecule has 0 aliphatic heterocycles. The lowest BCUT2D eigenvalue weighted by molar-refractivity contribution is -0.159. The molecule has 8 nitrogen and oxygen atoms in total. The van der Waals surface area contributed by atoms with Crippen molar-refractivity contribution in [3.8, 4) is 0 Å². The Balaban J connectivity index is 1.41. The molecular formula is C29H44N2O6. The van der Waals surface area contributed by atoms with E-state index in [2.05, 4.69) is 30.4 Å². The number of Topliss-reactive ketones (excluding diaryl/α,β-unsaturated/α-hetero) is 1. The van der Waals surface area contributed by atoms with E-state index < -0.39 is 23.5 Å². The maximum Gasteiger partial charge on any atom is 0.326 e. The van der Waals surface area contributed by atoms with Crippen LogP contribution in [-0.4, -0.2) is 51.8 Å². The molecule has 0 heterocycles. The number of rotatable bonds is 8. The van der Waals surface area contributed by atoms with Crippen molar-refractivity contribution in [3.63, 3.8) is 0 Å². The van der Waals surface area contributed by atoms with Crippen molar-refractivity contribution < 1.29 is 29.4 Å². The van der Waals surface area contributed by atoms with E-state index in [4.69, 9.17) is 4.84 Å². The first kappa shape index (κ1) is 27.8. The minimum atomic E-state index is -1.19. The van der Waals surface area contributed by atoms with E-state index in [1.54, 1.807) is 13.8 Å². The van der Waals surface area contributed by atoms with Crippen molar-refractivity contribution in [1.82, 2.24) is 5.32 Å². The first-order chi connectivity index (χ1) is 17.4. The zero-order valence-electron chi connectivity index (χ0n) is 23.0. The highest BCUT2D eigenvalue weighted by Crippen LogP contribution is 2.67. The van der Waals surface area contributed by atoms with Gasteiger partial charge in [0.1, 0.15) is 11.6 Å². The SMILES string of the molecule is CCC(C)C(NC(=O)CON=C1C=C2CCC3C(CC[C@@]4(C)C3CC[C@]4(O)C(C)=O)[C@@]2(C)CC1)C(=O)O. The van der Waals surface area contributed by atoms with E-state index in [0.717, 1.165) is 50.7 Å². The number of hydrogen-bond donors (Lipinski definition) is 3. The second kappa shape index (κ2) is 10.2. The molecule has 3 N–H and O–H groups in total. The number of hydrogen-bond acceptors (Lipinski definition) is 6. The summed E-state index contributed by atoms with van der Waals surface area (Å²) in [6, 6.07) is -0.940. The van der Waals surface area contributed by atoms with Crippen molar-refractivity contribution >= 4 is 23.4 Å². The van der Waals surface area contributed by atoms with Crippen LogP contribution in [0.25, 0.3) is 0 Å². The van der Waals surface area contributed by atoms with Crippen LogP contribution >= 0.6 is 0 Å². The first-order valence-corrected chi connectivity index (χ1v) is 14.0. The number of aliphatic hydroxyl groups is 1. The first-order valence-electron chi connectivity index (χ1n) is 14.0. The Morgan fingerprint density at radius 1 is 1.14 bits per heavy atom. The van der Waals surface area contributed by atoms with Crippen LogP contribution in [-0.2, 0) is 19.2 Å². The van der Waals surface area contributed by atoms with Crippen LogP contribution in [0.4, 0.5) is 0 Å². The Kier molecular flexibility index (Phi) is 7.63. The molecule has 4 aliphatic rings. The minimum absolute atomic E-state index is 0.0720. The fourth-order valence-corrected chi connectivity index (χ4v) is 8.31. The smallest absolute Gasteiger partial charge is 0.326 e. The molecule has 0 aromatic carbocycles. The molecule has 0 radical (unpaired) electrons. The molecule has 4 aliphatic carbocycles. The second-order valence-electron chi connectivity index (χ2n) is 12.5. The quantitative estimate of drug-likeness (QED) is 0.414. The highest BCUT2D eigenvalue weighted by atomic mass is 16.6. The third-order valence-corrected chi connectivity index (χ3v) is 10.9. The summed E-state index contributed by atoms with van der Waals surface area (Å²) in [7, 11) is 0. The standard InChI is InChI=1S/C29H44N2O6/c1-6-17(2)25(26(34)35)30-24(33)16-37-31-20-9-12-27(4)19(15-20)7-8-21-22(27)10-13-28(5)23(21)11-14-29(28,36)18(3)32/h15,17,21-23,25,36H,6-14,16H2,1-5H3,(H,30,33)(H,34,35)/t17?,21?,22?,23?,25?,27-,28-,29-/m0/s1. The summed E-state index contributed by atoms with van der Waals surface area (Å²) in [4.78, 5) is 41.5. The van der Waals surface area contributed by atoms with Gasteiger partial charge in [-0.25, -0.2) is 4.79 Å². The summed E-state index contributed by atoms with van der Waals surface area (Å²) < 4.78 is 0.